The fourth-order valence-electron chi connectivity index (χ4n) is 2.57. The Morgan fingerprint density at radius 3 is 2.41 bits per heavy atom. The highest BCUT2D eigenvalue weighted by Gasteiger charge is 2.45. The second-order valence-electron chi connectivity index (χ2n) is 4.89. The summed E-state index contributed by atoms with van der Waals surface area (Å²) in [5.74, 6) is -0.129. The predicted molar refractivity (Wildman–Crippen MR) is 66.9 cm³/mol. The van der Waals surface area contributed by atoms with Crippen LogP contribution in [-0.2, 0) is 14.3 Å². The van der Waals surface area contributed by atoms with Crippen molar-refractivity contribution in [3.63, 3.8) is 0 Å². The van der Waals surface area contributed by atoms with E-state index in [1.54, 1.807) is 0 Å². The molecule has 0 saturated carbocycles. The van der Waals surface area contributed by atoms with Gasteiger partial charge in [-0.1, -0.05) is 6.92 Å². The maximum atomic E-state index is 12.2. The van der Waals surface area contributed by atoms with Crippen LogP contribution in [0.25, 0.3) is 0 Å². The Morgan fingerprint density at radius 1 is 1.35 bits per heavy atom. The minimum Gasteiger partial charge on any atom is -0.465 e. The number of esters is 1. The van der Waals surface area contributed by atoms with Gasteiger partial charge in [0.25, 0.3) is 0 Å². The lowest BCUT2D eigenvalue weighted by Gasteiger charge is -2.41. The highest BCUT2D eigenvalue weighted by molar-refractivity contribution is 5.81. The van der Waals surface area contributed by atoms with Crippen molar-refractivity contribution in [1.29, 1.82) is 0 Å². The van der Waals surface area contributed by atoms with Crippen molar-refractivity contribution < 1.29 is 14.3 Å². The molecule has 2 unspecified atom stereocenters. The van der Waals surface area contributed by atoms with Crippen molar-refractivity contribution >= 4 is 5.97 Å². The van der Waals surface area contributed by atoms with Crippen LogP contribution in [0.4, 0.5) is 0 Å². The van der Waals surface area contributed by atoms with Crippen molar-refractivity contribution in [3.8, 4) is 0 Å². The van der Waals surface area contributed by atoms with Gasteiger partial charge in [-0.25, -0.2) is 0 Å². The van der Waals surface area contributed by atoms with E-state index in [4.69, 9.17) is 9.47 Å². The van der Waals surface area contributed by atoms with Crippen LogP contribution in [-0.4, -0.2) is 36.9 Å². The summed E-state index contributed by atoms with van der Waals surface area (Å²) in [5.41, 5.74) is -0.552. The van der Waals surface area contributed by atoms with E-state index < -0.39 is 5.54 Å². The van der Waals surface area contributed by atoms with E-state index in [-0.39, 0.29) is 18.2 Å². The Bertz CT molecular complexity index is 245. The van der Waals surface area contributed by atoms with Gasteiger partial charge in [0.05, 0.1) is 18.8 Å². The third kappa shape index (κ3) is 3.68. The van der Waals surface area contributed by atoms with Crippen molar-refractivity contribution in [3.05, 3.63) is 0 Å². The van der Waals surface area contributed by atoms with Gasteiger partial charge in [-0.05, 0) is 33.7 Å². The van der Waals surface area contributed by atoms with Gasteiger partial charge in [0.15, 0.2) is 0 Å². The number of nitrogens with one attached hydrogen (secondary N) is 1. The van der Waals surface area contributed by atoms with Gasteiger partial charge in [-0.2, -0.15) is 0 Å². The molecule has 0 aromatic carbocycles. The van der Waals surface area contributed by atoms with Gasteiger partial charge in [0.1, 0.15) is 5.54 Å². The van der Waals surface area contributed by atoms with Crippen LogP contribution < -0.4 is 5.32 Å². The van der Waals surface area contributed by atoms with Crippen molar-refractivity contribution in [2.24, 2.45) is 0 Å². The molecule has 1 saturated heterocycles. The normalized spacial score (nSPS) is 33.4. The van der Waals surface area contributed by atoms with Crippen LogP contribution in [0.1, 0.15) is 47.0 Å². The average Bonchev–Trinajstić information content (AvgIpc) is 2.25. The fraction of sp³-hybridized carbons (Fsp3) is 0.923. The standard InChI is InChI=1S/C13H25NO3/c1-5-7-14-13(12(15)16-6-2)8-10(3)17-11(4)9-13/h10-11,14H,5-9H2,1-4H3. The third-order valence-corrected chi connectivity index (χ3v) is 3.12. The van der Waals surface area contributed by atoms with Gasteiger partial charge in [0, 0.05) is 12.8 Å². The second kappa shape index (κ2) is 6.36. The van der Waals surface area contributed by atoms with E-state index in [0.717, 1.165) is 13.0 Å². The molecule has 17 heavy (non-hydrogen) atoms. The van der Waals surface area contributed by atoms with Crippen LogP contribution in [0, 0.1) is 0 Å². The first-order valence-corrected chi connectivity index (χ1v) is 6.61. The topological polar surface area (TPSA) is 47.6 Å². The summed E-state index contributed by atoms with van der Waals surface area (Å²) in [5, 5.41) is 3.38. The van der Waals surface area contributed by atoms with E-state index in [9.17, 15) is 4.79 Å². The molecular formula is C13H25NO3. The molecule has 0 bridgehead atoms. The van der Waals surface area contributed by atoms with Gasteiger partial charge >= 0.3 is 5.97 Å². The number of rotatable bonds is 5. The minimum atomic E-state index is -0.552. The molecule has 2 atom stereocenters. The Kier molecular flexibility index (Phi) is 5.40. The molecule has 0 aliphatic carbocycles. The Morgan fingerprint density at radius 2 is 1.94 bits per heavy atom. The highest BCUT2D eigenvalue weighted by Crippen LogP contribution is 2.30. The van der Waals surface area contributed by atoms with Crippen LogP contribution in [0.2, 0.25) is 0 Å². The van der Waals surface area contributed by atoms with Crippen molar-refractivity contribution in [2.45, 2.75) is 64.7 Å². The molecule has 4 nitrogen and oxygen atoms in total. The van der Waals surface area contributed by atoms with E-state index in [2.05, 4.69) is 12.2 Å². The molecule has 1 aliphatic heterocycles. The monoisotopic (exact) mass is 243 g/mol. The average molecular weight is 243 g/mol. The predicted octanol–water partition coefficient (Wildman–Crippen LogP) is 1.88. The molecule has 0 aromatic heterocycles. The second-order valence-corrected chi connectivity index (χ2v) is 4.89. The number of carbonyl (C=O) groups excluding carboxylic acids is 1. The number of carbonyl (C=O) groups is 1. The fourth-order valence-corrected chi connectivity index (χ4v) is 2.57. The maximum Gasteiger partial charge on any atom is 0.326 e. The van der Waals surface area contributed by atoms with E-state index in [1.807, 2.05) is 20.8 Å². The lowest BCUT2D eigenvalue weighted by Crippen LogP contribution is -2.59. The summed E-state index contributed by atoms with van der Waals surface area (Å²) < 4.78 is 10.9. The quantitative estimate of drug-likeness (QED) is 0.749. The Balaban J connectivity index is 2.79. The van der Waals surface area contributed by atoms with Crippen molar-refractivity contribution in [1.82, 2.24) is 5.32 Å². The van der Waals surface area contributed by atoms with Gasteiger partial charge in [-0.3, -0.25) is 4.79 Å². The van der Waals surface area contributed by atoms with E-state index in [0.29, 0.717) is 19.4 Å². The molecule has 0 aromatic rings. The molecule has 0 spiro atoms. The number of hydrogen-bond donors (Lipinski definition) is 1. The molecule has 1 fully saturated rings. The number of hydrogen-bond acceptors (Lipinski definition) is 4. The van der Waals surface area contributed by atoms with E-state index >= 15 is 0 Å². The molecule has 1 N–H and O–H groups in total. The summed E-state index contributed by atoms with van der Waals surface area (Å²) >= 11 is 0. The molecule has 1 heterocycles. The zero-order chi connectivity index (χ0) is 12.9. The van der Waals surface area contributed by atoms with Crippen molar-refractivity contribution in [2.75, 3.05) is 13.2 Å². The highest BCUT2D eigenvalue weighted by atomic mass is 16.5. The van der Waals surface area contributed by atoms with E-state index in [1.165, 1.54) is 0 Å². The molecule has 0 amide bonds. The summed E-state index contributed by atoms with van der Waals surface area (Å²) in [7, 11) is 0. The van der Waals surface area contributed by atoms with Gasteiger partial charge in [0.2, 0.25) is 0 Å². The van der Waals surface area contributed by atoms with Crippen LogP contribution >= 0.6 is 0 Å². The minimum absolute atomic E-state index is 0.0903. The molecule has 4 heteroatoms. The Labute approximate surface area is 104 Å². The van der Waals surface area contributed by atoms with Gasteiger partial charge < -0.3 is 14.8 Å². The lowest BCUT2D eigenvalue weighted by atomic mass is 9.84. The SMILES string of the molecule is CCCNC1(C(=O)OCC)CC(C)OC(C)C1. The molecule has 1 rings (SSSR count). The largest absolute Gasteiger partial charge is 0.465 e. The third-order valence-electron chi connectivity index (χ3n) is 3.12. The molecular weight excluding hydrogens is 218 g/mol. The summed E-state index contributed by atoms with van der Waals surface area (Å²) in [6.07, 6.45) is 2.57. The zero-order valence-corrected chi connectivity index (χ0v) is 11.4. The zero-order valence-electron chi connectivity index (χ0n) is 11.4. The van der Waals surface area contributed by atoms with Crippen LogP contribution in [0.15, 0.2) is 0 Å². The Hall–Kier alpha value is -0.610. The summed E-state index contributed by atoms with van der Waals surface area (Å²) in [6, 6.07) is 0. The number of ether oxygens (including phenoxy) is 2. The first-order chi connectivity index (χ1) is 8.04. The smallest absolute Gasteiger partial charge is 0.326 e. The van der Waals surface area contributed by atoms with Crippen LogP contribution in [0.3, 0.4) is 0 Å². The summed E-state index contributed by atoms with van der Waals surface area (Å²) in [6.45, 7) is 9.22. The lowest BCUT2D eigenvalue weighted by molar-refractivity contribution is -0.162. The molecule has 1 aliphatic rings. The summed E-state index contributed by atoms with van der Waals surface area (Å²) in [4.78, 5) is 12.2. The van der Waals surface area contributed by atoms with Crippen LogP contribution in [0.5, 0.6) is 0 Å². The first-order valence-electron chi connectivity index (χ1n) is 6.61. The molecule has 0 radical (unpaired) electrons. The first kappa shape index (κ1) is 14.5. The van der Waals surface area contributed by atoms with Gasteiger partial charge in [-0.15, -0.1) is 0 Å². The molecule has 100 valence electrons. The maximum absolute atomic E-state index is 12.2.